The van der Waals surface area contributed by atoms with E-state index in [1.54, 1.807) is 10.8 Å². The van der Waals surface area contributed by atoms with Crippen molar-refractivity contribution in [3.05, 3.63) is 77.3 Å². The van der Waals surface area contributed by atoms with E-state index < -0.39 is 10.2 Å². The van der Waals surface area contributed by atoms with Gasteiger partial charge in [0, 0.05) is 43.2 Å². The Labute approximate surface area is 185 Å². The van der Waals surface area contributed by atoms with Gasteiger partial charge in [0.15, 0.2) is 5.69 Å². The lowest BCUT2D eigenvalue weighted by atomic mass is 10.1. The van der Waals surface area contributed by atoms with Crippen LogP contribution in [-0.2, 0) is 0 Å². The van der Waals surface area contributed by atoms with Crippen molar-refractivity contribution in [2.45, 2.75) is 5.16 Å². The van der Waals surface area contributed by atoms with Gasteiger partial charge in [-0.3, -0.25) is 0 Å². The Bertz CT molecular complexity index is 1090. The zero-order valence-corrected chi connectivity index (χ0v) is 18.2. The van der Waals surface area contributed by atoms with E-state index in [2.05, 4.69) is 4.98 Å². The number of nitrogens with zero attached hydrogens (tertiary/aromatic N) is 3. The summed E-state index contributed by atoms with van der Waals surface area (Å²) in [6, 6.07) is 20.0. The van der Waals surface area contributed by atoms with Crippen molar-refractivity contribution < 1.29 is 38.2 Å². The monoisotopic (exact) mass is 459 g/mol. The van der Waals surface area contributed by atoms with E-state index in [1.807, 2.05) is 85.7 Å². The number of aromatic nitrogens is 2. The quantitative estimate of drug-likeness (QED) is 0.281. The SMILES string of the molecule is CN(C)c1ccc(C=C2Sc3nc(-c4ccccc4)cc[n+]3C2=O)cc1.[O-][Cl+3]([O-])([O-])[O-]. The number of fused-ring (bicyclic) bond motifs is 1. The third-order valence-electron chi connectivity index (χ3n) is 4.21. The molecule has 1 aromatic heterocycles. The Morgan fingerprint density at radius 1 is 0.968 bits per heavy atom. The molecule has 4 rings (SSSR count). The number of benzene rings is 2. The average molecular weight is 460 g/mol. The Hall–Kier alpha value is -2.79. The molecule has 0 fully saturated rings. The molecule has 2 aromatic carbocycles. The summed E-state index contributed by atoms with van der Waals surface area (Å²) in [5.41, 5.74) is 4.04. The largest absolute Gasteiger partial charge is 0.378 e. The molecule has 31 heavy (non-hydrogen) atoms. The van der Waals surface area contributed by atoms with Crippen LogP contribution in [0, 0.1) is 10.2 Å². The molecule has 0 radical (unpaired) electrons. The molecule has 0 saturated heterocycles. The molecule has 0 N–H and O–H groups in total. The fraction of sp³-hybridized carbons (Fsp3) is 0.0952. The molecule has 3 aromatic rings. The number of carbonyl (C=O) groups excluding carboxylic acids is 1. The standard InChI is InChI=1S/C21H18N3OS.ClHO4/c1-23(2)17-10-8-15(9-11-17)14-19-20(25)24-13-12-18(22-21(24)26-19)16-6-4-3-5-7-16;2-1(3,4)5/h3-14H,1-2H3;(H,2,3,4,5)/q+1;/p-1. The van der Waals surface area contributed by atoms with Gasteiger partial charge in [-0.1, -0.05) is 42.5 Å². The smallest absolute Gasteiger partial charge is 0.372 e. The van der Waals surface area contributed by atoms with Crippen LogP contribution in [0.3, 0.4) is 0 Å². The number of anilines is 1. The van der Waals surface area contributed by atoms with Gasteiger partial charge in [-0.25, -0.2) is 23.4 Å². The van der Waals surface area contributed by atoms with E-state index >= 15 is 0 Å². The van der Waals surface area contributed by atoms with Gasteiger partial charge in [0.1, 0.15) is 11.1 Å². The molecule has 0 spiro atoms. The summed E-state index contributed by atoms with van der Waals surface area (Å²) in [4.78, 5) is 20.0. The minimum Gasteiger partial charge on any atom is -0.378 e. The number of allylic oxidation sites excluding steroid dienone is 1. The lowest BCUT2D eigenvalue weighted by Crippen LogP contribution is -2.68. The first-order chi connectivity index (χ1) is 14.6. The second-order valence-corrected chi connectivity index (χ2v) is 8.38. The number of hydrogen-bond acceptors (Lipinski definition) is 8. The highest BCUT2D eigenvalue weighted by molar-refractivity contribution is 8.04. The predicted octanol–water partition coefficient (Wildman–Crippen LogP) is -0.867. The first-order valence-corrected chi connectivity index (χ1v) is 11.0. The van der Waals surface area contributed by atoms with Gasteiger partial charge in [-0.15, -0.1) is 10.2 Å². The summed E-state index contributed by atoms with van der Waals surface area (Å²) in [7, 11) is -0.930. The van der Waals surface area contributed by atoms with Gasteiger partial charge in [-0.2, -0.15) is 4.57 Å². The molecule has 0 saturated carbocycles. The van der Waals surface area contributed by atoms with E-state index in [4.69, 9.17) is 18.6 Å². The number of rotatable bonds is 3. The van der Waals surface area contributed by atoms with E-state index in [0.29, 0.717) is 10.1 Å². The van der Waals surface area contributed by atoms with Crippen LogP contribution in [0.5, 0.6) is 0 Å². The van der Waals surface area contributed by atoms with Crippen molar-refractivity contribution in [1.82, 2.24) is 4.98 Å². The second kappa shape index (κ2) is 9.56. The van der Waals surface area contributed by atoms with Gasteiger partial charge >= 0.3 is 11.1 Å². The van der Waals surface area contributed by atoms with Crippen LogP contribution >= 0.6 is 11.8 Å². The van der Waals surface area contributed by atoms with Gasteiger partial charge in [0.05, 0.1) is 0 Å². The average Bonchev–Trinajstić information content (AvgIpc) is 3.02. The summed E-state index contributed by atoms with van der Waals surface area (Å²) >= 11 is 1.41. The van der Waals surface area contributed by atoms with Crippen LogP contribution in [0.25, 0.3) is 17.3 Å². The summed E-state index contributed by atoms with van der Waals surface area (Å²) in [5.74, 6) is -0.0335. The van der Waals surface area contributed by atoms with Crippen LogP contribution in [0.1, 0.15) is 10.4 Å². The Kier molecular flexibility index (Phi) is 7.06. The van der Waals surface area contributed by atoms with E-state index in [1.165, 1.54) is 11.8 Å². The van der Waals surface area contributed by atoms with Crippen molar-refractivity contribution in [3.8, 4) is 11.3 Å². The lowest BCUT2D eigenvalue weighted by molar-refractivity contribution is -2.00. The maximum absolute atomic E-state index is 12.6. The molecular weight excluding hydrogens is 442 g/mol. The molecule has 0 aliphatic carbocycles. The maximum atomic E-state index is 12.6. The van der Waals surface area contributed by atoms with Crippen LogP contribution in [0.2, 0.25) is 0 Å². The third-order valence-corrected chi connectivity index (χ3v) is 5.19. The van der Waals surface area contributed by atoms with E-state index in [0.717, 1.165) is 22.5 Å². The van der Waals surface area contributed by atoms with Crippen LogP contribution in [0.15, 0.2) is 76.9 Å². The van der Waals surface area contributed by atoms with E-state index in [-0.39, 0.29) is 5.91 Å². The molecule has 8 nitrogen and oxygen atoms in total. The van der Waals surface area contributed by atoms with E-state index in [9.17, 15) is 4.79 Å². The molecule has 0 unspecified atom stereocenters. The Morgan fingerprint density at radius 2 is 1.58 bits per heavy atom. The fourth-order valence-corrected chi connectivity index (χ4v) is 3.73. The minimum absolute atomic E-state index is 0.0335. The first kappa shape index (κ1) is 22.9. The lowest BCUT2D eigenvalue weighted by Gasteiger charge is -2.17. The topological polar surface area (TPSA) is 129 Å². The summed E-state index contributed by atoms with van der Waals surface area (Å²) in [6.07, 6.45) is 3.72. The minimum atomic E-state index is -4.94. The van der Waals surface area contributed by atoms with Crippen molar-refractivity contribution in [2.75, 3.05) is 19.0 Å². The number of carbonyl (C=O) groups is 1. The molecule has 10 heteroatoms. The van der Waals surface area contributed by atoms with Crippen molar-refractivity contribution in [1.29, 1.82) is 0 Å². The second-order valence-electron chi connectivity index (χ2n) is 6.61. The summed E-state index contributed by atoms with van der Waals surface area (Å²) in [5, 5.41) is 0.701. The first-order valence-electron chi connectivity index (χ1n) is 8.93. The zero-order valence-electron chi connectivity index (χ0n) is 16.6. The molecule has 1 aliphatic rings. The Balaban J connectivity index is 0.000000491. The predicted molar refractivity (Wildman–Crippen MR) is 105 cm³/mol. The maximum Gasteiger partial charge on any atom is 0.372 e. The third kappa shape index (κ3) is 6.34. The van der Waals surface area contributed by atoms with Crippen LogP contribution in [0.4, 0.5) is 5.69 Å². The van der Waals surface area contributed by atoms with Gasteiger partial charge in [0.25, 0.3) is 0 Å². The van der Waals surface area contributed by atoms with Gasteiger partial charge in [-0.05, 0) is 28.8 Å². The fourth-order valence-electron chi connectivity index (χ4n) is 2.77. The highest BCUT2D eigenvalue weighted by atomic mass is 35.7. The van der Waals surface area contributed by atoms with Crippen molar-refractivity contribution >= 4 is 29.4 Å². The molecule has 1 aliphatic heterocycles. The highest BCUT2D eigenvalue weighted by Gasteiger charge is 2.35. The van der Waals surface area contributed by atoms with Crippen LogP contribution in [-0.4, -0.2) is 25.0 Å². The molecule has 2 heterocycles. The van der Waals surface area contributed by atoms with Gasteiger partial charge < -0.3 is 4.90 Å². The number of hydrogen-bond donors (Lipinski definition) is 0. The Morgan fingerprint density at radius 3 is 2.16 bits per heavy atom. The molecular formula is C21H18ClN3O5S. The summed E-state index contributed by atoms with van der Waals surface area (Å²) in [6.45, 7) is 0. The van der Waals surface area contributed by atoms with Crippen molar-refractivity contribution in [2.24, 2.45) is 0 Å². The zero-order chi connectivity index (χ0) is 22.6. The number of halogens is 1. The number of thioether (sulfide) groups is 1. The molecule has 0 atom stereocenters. The van der Waals surface area contributed by atoms with Gasteiger partial charge in [0.2, 0.25) is 0 Å². The molecule has 0 bridgehead atoms. The normalized spacial score (nSPS) is 14.1. The van der Waals surface area contributed by atoms with Crippen molar-refractivity contribution in [3.63, 3.8) is 0 Å². The highest BCUT2D eigenvalue weighted by Crippen LogP contribution is 2.31. The summed E-state index contributed by atoms with van der Waals surface area (Å²) < 4.78 is 35.6. The molecule has 160 valence electrons. The van der Waals surface area contributed by atoms with Crippen LogP contribution < -0.4 is 28.1 Å². The molecule has 0 amide bonds.